The molecule has 1 heterocycles. The monoisotopic (exact) mass is 328 g/mol. The zero-order valence-corrected chi connectivity index (χ0v) is 13.6. The summed E-state index contributed by atoms with van der Waals surface area (Å²) < 4.78 is 24.8. The Morgan fingerprint density at radius 1 is 1.33 bits per heavy atom. The minimum atomic E-state index is -3.92. The Morgan fingerprint density at radius 2 is 2.00 bits per heavy atom. The molecule has 114 valence electrons. The van der Waals surface area contributed by atoms with E-state index in [4.69, 9.17) is 16.7 Å². The molecule has 0 atom stereocenters. The number of halogens is 1. The van der Waals surface area contributed by atoms with E-state index < -0.39 is 10.0 Å². The van der Waals surface area contributed by atoms with Crippen LogP contribution in [-0.4, -0.2) is 23.2 Å². The number of primary sulfonamides is 1. The van der Waals surface area contributed by atoms with Gasteiger partial charge in [-0.15, -0.1) is 10.2 Å². The largest absolute Gasteiger partial charge is 0.296 e. The number of aromatic nitrogens is 3. The molecule has 6 nitrogen and oxygen atoms in total. The van der Waals surface area contributed by atoms with Crippen molar-refractivity contribution in [2.24, 2.45) is 11.1 Å². The summed E-state index contributed by atoms with van der Waals surface area (Å²) in [5, 5.41) is 13.3. The van der Waals surface area contributed by atoms with Gasteiger partial charge in [-0.1, -0.05) is 25.4 Å². The third-order valence-corrected chi connectivity index (χ3v) is 4.17. The minimum absolute atomic E-state index is 0.216. The fraction of sp³-hybridized carbons (Fsp3) is 0.385. The second kappa shape index (κ2) is 5.75. The maximum absolute atomic E-state index is 11.6. The SMILES string of the molecule is Cc1cc(-c2nnc(S(N)(=O)=O)n2CC(C)C)ccc1Cl. The molecule has 0 aliphatic carbocycles. The van der Waals surface area contributed by atoms with Crippen molar-refractivity contribution in [3.8, 4) is 11.4 Å². The summed E-state index contributed by atoms with van der Waals surface area (Å²) >= 11 is 6.01. The third kappa shape index (κ3) is 3.42. The molecule has 0 unspecified atom stereocenters. The normalized spacial score (nSPS) is 12.1. The zero-order valence-electron chi connectivity index (χ0n) is 12.0. The second-order valence-electron chi connectivity index (χ2n) is 5.32. The smallest absolute Gasteiger partial charge is 0.273 e. The Labute approximate surface area is 129 Å². The average Bonchev–Trinajstić information content (AvgIpc) is 2.75. The van der Waals surface area contributed by atoms with Crippen LogP contribution in [-0.2, 0) is 16.6 Å². The Hall–Kier alpha value is -1.44. The molecular weight excluding hydrogens is 312 g/mol. The molecule has 0 bridgehead atoms. The van der Waals surface area contributed by atoms with Gasteiger partial charge in [-0.3, -0.25) is 4.57 Å². The number of benzene rings is 1. The summed E-state index contributed by atoms with van der Waals surface area (Å²) in [7, 11) is -3.92. The van der Waals surface area contributed by atoms with E-state index in [-0.39, 0.29) is 11.1 Å². The summed E-state index contributed by atoms with van der Waals surface area (Å²) in [6.07, 6.45) is 0. The molecule has 0 saturated carbocycles. The predicted molar refractivity (Wildman–Crippen MR) is 81.4 cm³/mol. The first-order chi connectivity index (χ1) is 9.70. The van der Waals surface area contributed by atoms with Gasteiger partial charge in [0.2, 0.25) is 0 Å². The van der Waals surface area contributed by atoms with E-state index in [1.807, 2.05) is 26.8 Å². The summed E-state index contributed by atoms with van der Waals surface area (Å²) in [5.74, 6) is 0.682. The molecule has 21 heavy (non-hydrogen) atoms. The van der Waals surface area contributed by atoms with Crippen LogP contribution >= 0.6 is 11.6 Å². The van der Waals surface area contributed by atoms with Crippen LogP contribution in [0.3, 0.4) is 0 Å². The number of rotatable bonds is 4. The van der Waals surface area contributed by atoms with E-state index in [1.54, 1.807) is 12.1 Å². The highest BCUT2D eigenvalue weighted by molar-refractivity contribution is 7.89. The molecule has 1 aromatic heterocycles. The Balaban J connectivity index is 2.63. The van der Waals surface area contributed by atoms with Gasteiger partial charge in [0, 0.05) is 17.1 Å². The lowest BCUT2D eigenvalue weighted by molar-refractivity contribution is 0.486. The van der Waals surface area contributed by atoms with Gasteiger partial charge in [0.25, 0.3) is 15.2 Å². The van der Waals surface area contributed by atoms with Gasteiger partial charge in [0.05, 0.1) is 0 Å². The lowest BCUT2D eigenvalue weighted by atomic mass is 10.1. The lowest BCUT2D eigenvalue weighted by Gasteiger charge is -2.12. The summed E-state index contributed by atoms with van der Waals surface area (Å²) in [6.45, 7) is 6.28. The highest BCUT2D eigenvalue weighted by Crippen LogP contribution is 2.25. The minimum Gasteiger partial charge on any atom is -0.296 e. The van der Waals surface area contributed by atoms with Gasteiger partial charge >= 0.3 is 0 Å². The fourth-order valence-corrected chi connectivity index (χ4v) is 2.77. The quantitative estimate of drug-likeness (QED) is 0.931. The molecule has 0 amide bonds. The molecule has 0 fully saturated rings. The molecule has 2 aromatic rings. The Bertz CT molecular complexity index is 768. The number of aryl methyl sites for hydroxylation is 1. The van der Waals surface area contributed by atoms with Crippen LogP contribution in [0.5, 0.6) is 0 Å². The van der Waals surface area contributed by atoms with E-state index in [9.17, 15) is 8.42 Å². The molecule has 0 aliphatic rings. The van der Waals surface area contributed by atoms with Crippen molar-refractivity contribution in [3.05, 3.63) is 28.8 Å². The molecule has 1 aromatic carbocycles. The van der Waals surface area contributed by atoms with Crippen molar-refractivity contribution in [1.82, 2.24) is 14.8 Å². The second-order valence-corrected chi connectivity index (χ2v) is 7.18. The van der Waals surface area contributed by atoms with Gasteiger partial charge in [-0.05, 0) is 36.6 Å². The van der Waals surface area contributed by atoms with E-state index in [0.717, 1.165) is 11.1 Å². The van der Waals surface area contributed by atoms with Gasteiger partial charge in [0.15, 0.2) is 5.82 Å². The summed E-state index contributed by atoms with van der Waals surface area (Å²) in [6, 6.07) is 5.37. The van der Waals surface area contributed by atoms with E-state index in [2.05, 4.69) is 10.2 Å². The van der Waals surface area contributed by atoms with Crippen molar-refractivity contribution in [1.29, 1.82) is 0 Å². The molecule has 0 spiro atoms. The highest BCUT2D eigenvalue weighted by atomic mass is 35.5. The first-order valence-corrected chi connectivity index (χ1v) is 8.35. The average molecular weight is 329 g/mol. The number of hydrogen-bond donors (Lipinski definition) is 1. The molecular formula is C13H17ClN4O2S. The topological polar surface area (TPSA) is 90.9 Å². The van der Waals surface area contributed by atoms with Crippen LogP contribution < -0.4 is 5.14 Å². The number of nitrogens with two attached hydrogens (primary N) is 1. The predicted octanol–water partition coefficient (Wildman–Crippen LogP) is 2.21. The Kier molecular flexibility index (Phi) is 4.36. The summed E-state index contributed by atoms with van der Waals surface area (Å²) in [4.78, 5) is 0. The highest BCUT2D eigenvalue weighted by Gasteiger charge is 2.22. The van der Waals surface area contributed by atoms with Crippen molar-refractivity contribution in [2.75, 3.05) is 0 Å². The number of nitrogens with zero attached hydrogens (tertiary/aromatic N) is 3. The van der Waals surface area contributed by atoms with Gasteiger partial charge in [-0.2, -0.15) is 0 Å². The standard InChI is InChI=1S/C13H17ClN4O2S/c1-8(2)7-18-12(16-17-13(18)21(15,19)20)10-4-5-11(14)9(3)6-10/h4-6,8H,7H2,1-3H3,(H2,15,19,20). The third-order valence-electron chi connectivity index (χ3n) is 2.94. The van der Waals surface area contributed by atoms with Crippen LogP contribution in [0, 0.1) is 12.8 Å². The lowest BCUT2D eigenvalue weighted by Crippen LogP contribution is -2.20. The maximum atomic E-state index is 11.6. The molecule has 0 aliphatic heterocycles. The van der Waals surface area contributed by atoms with Crippen LogP contribution in [0.25, 0.3) is 11.4 Å². The van der Waals surface area contributed by atoms with Crippen molar-refractivity contribution < 1.29 is 8.42 Å². The van der Waals surface area contributed by atoms with E-state index in [0.29, 0.717) is 17.4 Å². The number of hydrogen-bond acceptors (Lipinski definition) is 4. The van der Waals surface area contributed by atoms with Crippen molar-refractivity contribution in [2.45, 2.75) is 32.5 Å². The van der Waals surface area contributed by atoms with E-state index >= 15 is 0 Å². The summed E-state index contributed by atoms with van der Waals surface area (Å²) in [5.41, 5.74) is 1.63. The maximum Gasteiger partial charge on any atom is 0.273 e. The zero-order chi connectivity index (χ0) is 15.8. The van der Waals surface area contributed by atoms with Crippen LogP contribution in [0.4, 0.5) is 0 Å². The molecule has 0 saturated heterocycles. The first-order valence-electron chi connectivity index (χ1n) is 6.42. The molecule has 0 radical (unpaired) electrons. The fourth-order valence-electron chi connectivity index (χ4n) is 2.03. The van der Waals surface area contributed by atoms with Gasteiger partial charge in [-0.25, -0.2) is 13.6 Å². The van der Waals surface area contributed by atoms with Crippen molar-refractivity contribution in [3.63, 3.8) is 0 Å². The molecule has 8 heteroatoms. The first kappa shape index (κ1) is 15.9. The van der Waals surface area contributed by atoms with Crippen LogP contribution in [0.15, 0.2) is 23.4 Å². The number of sulfonamides is 1. The van der Waals surface area contributed by atoms with Crippen LogP contribution in [0.2, 0.25) is 5.02 Å². The van der Waals surface area contributed by atoms with Gasteiger partial charge < -0.3 is 0 Å². The molecule has 2 rings (SSSR count). The van der Waals surface area contributed by atoms with E-state index in [1.165, 1.54) is 4.57 Å². The van der Waals surface area contributed by atoms with Gasteiger partial charge in [0.1, 0.15) is 0 Å². The Morgan fingerprint density at radius 3 is 2.52 bits per heavy atom. The molecule has 2 N–H and O–H groups in total. The van der Waals surface area contributed by atoms with Crippen LogP contribution in [0.1, 0.15) is 19.4 Å². The van der Waals surface area contributed by atoms with Crippen molar-refractivity contribution >= 4 is 21.6 Å².